The lowest BCUT2D eigenvalue weighted by Crippen LogP contribution is -1.95. The standard InChI is InChI=1S/C14H16N2/c1-11(2)7-12-8-13(10-15-9-12)14-5-3-4-6-16-14/h3-6,8-11H,7H2,1-2H3. The molecule has 0 N–H and O–H groups in total. The Morgan fingerprint density at radius 1 is 1.19 bits per heavy atom. The van der Waals surface area contributed by atoms with Crippen molar-refractivity contribution in [3.8, 4) is 11.3 Å². The Balaban J connectivity index is 2.29. The Bertz CT molecular complexity index is 449. The molecule has 0 atom stereocenters. The van der Waals surface area contributed by atoms with Crippen LogP contribution in [0.3, 0.4) is 0 Å². The van der Waals surface area contributed by atoms with E-state index >= 15 is 0 Å². The van der Waals surface area contributed by atoms with Crippen LogP contribution in [-0.2, 0) is 6.42 Å². The van der Waals surface area contributed by atoms with Gasteiger partial charge in [0.05, 0.1) is 5.69 Å². The van der Waals surface area contributed by atoms with Gasteiger partial charge in [-0.3, -0.25) is 9.97 Å². The van der Waals surface area contributed by atoms with E-state index in [4.69, 9.17) is 0 Å². The van der Waals surface area contributed by atoms with Crippen LogP contribution in [0.1, 0.15) is 19.4 Å². The van der Waals surface area contributed by atoms with Crippen LogP contribution in [0.15, 0.2) is 42.9 Å². The summed E-state index contributed by atoms with van der Waals surface area (Å²) >= 11 is 0. The number of pyridine rings is 2. The molecule has 2 aromatic rings. The summed E-state index contributed by atoms with van der Waals surface area (Å²) in [6, 6.07) is 8.11. The molecule has 82 valence electrons. The average Bonchev–Trinajstić information content (AvgIpc) is 2.30. The van der Waals surface area contributed by atoms with E-state index in [1.807, 2.05) is 36.8 Å². The van der Waals surface area contributed by atoms with Gasteiger partial charge in [-0.05, 0) is 36.1 Å². The first-order valence-corrected chi connectivity index (χ1v) is 5.61. The summed E-state index contributed by atoms with van der Waals surface area (Å²) in [7, 11) is 0. The van der Waals surface area contributed by atoms with Crippen molar-refractivity contribution in [2.45, 2.75) is 20.3 Å². The lowest BCUT2D eigenvalue weighted by molar-refractivity contribution is 0.646. The predicted molar refractivity (Wildman–Crippen MR) is 66.0 cm³/mol. The lowest BCUT2D eigenvalue weighted by atomic mass is 10.0. The van der Waals surface area contributed by atoms with Crippen LogP contribution in [0.4, 0.5) is 0 Å². The molecule has 0 bridgehead atoms. The zero-order chi connectivity index (χ0) is 11.4. The highest BCUT2D eigenvalue weighted by Gasteiger charge is 2.02. The summed E-state index contributed by atoms with van der Waals surface area (Å²) in [5, 5.41) is 0. The van der Waals surface area contributed by atoms with Gasteiger partial charge < -0.3 is 0 Å². The summed E-state index contributed by atoms with van der Waals surface area (Å²) in [6.45, 7) is 4.43. The van der Waals surface area contributed by atoms with E-state index in [9.17, 15) is 0 Å². The minimum Gasteiger partial charge on any atom is -0.264 e. The van der Waals surface area contributed by atoms with Gasteiger partial charge in [0.15, 0.2) is 0 Å². The van der Waals surface area contributed by atoms with Gasteiger partial charge in [-0.2, -0.15) is 0 Å². The van der Waals surface area contributed by atoms with E-state index in [-0.39, 0.29) is 0 Å². The minimum absolute atomic E-state index is 0.654. The van der Waals surface area contributed by atoms with Crippen LogP contribution in [0.2, 0.25) is 0 Å². The smallest absolute Gasteiger partial charge is 0.0717 e. The zero-order valence-corrected chi connectivity index (χ0v) is 9.72. The van der Waals surface area contributed by atoms with Crippen LogP contribution >= 0.6 is 0 Å². The average molecular weight is 212 g/mol. The van der Waals surface area contributed by atoms with Gasteiger partial charge in [-0.15, -0.1) is 0 Å². The molecule has 0 aliphatic rings. The topological polar surface area (TPSA) is 25.8 Å². The van der Waals surface area contributed by atoms with Gasteiger partial charge in [-0.25, -0.2) is 0 Å². The second-order valence-electron chi connectivity index (χ2n) is 4.39. The molecule has 0 amide bonds. The number of hydrogen-bond donors (Lipinski definition) is 0. The van der Waals surface area contributed by atoms with Crippen LogP contribution in [0.25, 0.3) is 11.3 Å². The van der Waals surface area contributed by atoms with E-state index in [1.165, 1.54) is 5.56 Å². The fourth-order valence-electron chi connectivity index (χ4n) is 1.74. The quantitative estimate of drug-likeness (QED) is 0.779. The molecule has 2 aromatic heterocycles. The van der Waals surface area contributed by atoms with Gasteiger partial charge in [0.25, 0.3) is 0 Å². The highest BCUT2D eigenvalue weighted by Crippen LogP contribution is 2.17. The summed E-state index contributed by atoms with van der Waals surface area (Å²) in [5.41, 5.74) is 3.36. The molecule has 0 aliphatic carbocycles. The van der Waals surface area contributed by atoms with Crippen molar-refractivity contribution in [2.24, 2.45) is 5.92 Å². The number of aromatic nitrogens is 2. The number of rotatable bonds is 3. The molecule has 0 unspecified atom stereocenters. The summed E-state index contributed by atoms with van der Waals surface area (Å²) in [4.78, 5) is 8.60. The van der Waals surface area contributed by atoms with Crippen LogP contribution in [0, 0.1) is 5.92 Å². The first-order chi connectivity index (χ1) is 7.75. The van der Waals surface area contributed by atoms with E-state index in [2.05, 4.69) is 29.9 Å². The molecule has 0 radical (unpaired) electrons. The maximum absolute atomic E-state index is 4.33. The molecule has 0 saturated carbocycles. The molecule has 0 aliphatic heterocycles. The summed E-state index contributed by atoms with van der Waals surface area (Å²) < 4.78 is 0. The third-order valence-corrected chi connectivity index (χ3v) is 2.40. The molecule has 16 heavy (non-hydrogen) atoms. The second kappa shape index (κ2) is 4.88. The van der Waals surface area contributed by atoms with Crippen molar-refractivity contribution in [3.05, 3.63) is 48.4 Å². The highest BCUT2D eigenvalue weighted by molar-refractivity contribution is 5.58. The first-order valence-electron chi connectivity index (χ1n) is 5.61. The zero-order valence-electron chi connectivity index (χ0n) is 9.72. The van der Waals surface area contributed by atoms with Gasteiger partial charge in [0, 0.05) is 24.2 Å². The largest absolute Gasteiger partial charge is 0.264 e. The van der Waals surface area contributed by atoms with Crippen molar-refractivity contribution < 1.29 is 0 Å². The third-order valence-electron chi connectivity index (χ3n) is 2.40. The normalized spacial score (nSPS) is 10.7. The van der Waals surface area contributed by atoms with E-state index in [1.54, 1.807) is 0 Å². The van der Waals surface area contributed by atoms with Crippen molar-refractivity contribution in [3.63, 3.8) is 0 Å². The lowest BCUT2D eigenvalue weighted by Gasteiger charge is -2.06. The van der Waals surface area contributed by atoms with Gasteiger partial charge in [0.2, 0.25) is 0 Å². The van der Waals surface area contributed by atoms with Crippen molar-refractivity contribution in [1.82, 2.24) is 9.97 Å². The molecule has 0 fully saturated rings. The monoisotopic (exact) mass is 212 g/mol. The maximum Gasteiger partial charge on any atom is 0.0717 e. The summed E-state index contributed by atoms with van der Waals surface area (Å²) in [5.74, 6) is 0.654. The summed E-state index contributed by atoms with van der Waals surface area (Å²) in [6.07, 6.45) is 6.68. The first kappa shape index (κ1) is 10.8. The molecular weight excluding hydrogens is 196 g/mol. The Morgan fingerprint density at radius 2 is 2.06 bits per heavy atom. The van der Waals surface area contributed by atoms with E-state index in [0.29, 0.717) is 5.92 Å². The van der Waals surface area contributed by atoms with Crippen LogP contribution in [-0.4, -0.2) is 9.97 Å². The molecule has 2 rings (SSSR count). The Labute approximate surface area is 96.4 Å². The molecule has 0 saturated heterocycles. The fourth-order valence-corrected chi connectivity index (χ4v) is 1.74. The van der Waals surface area contributed by atoms with E-state index in [0.717, 1.165) is 17.7 Å². The fraction of sp³-hybridized carbons (Fsp3) is 0.286. The SMILES string of the molecule is CC(C)Cc1cncc(-c2ccccn2)c1. The second-order valence-corrected chi connectivity index (χ2v) is 4.39. The molecular formula is C14H16N2. The number of nitrogens with zero attached hydrogens (tertiary/aromatic N) is 2. The Morgan fingerprint density at radius 3 is 2.75 bits per heavy atom. The number of hydrogen-bond acceptors (Lipinski definition) is 2. The molecule has 0 aromatic carbocycles. The molecule has 2 nitrogen and oxygen atoms in total. The highest BCUT2D eigenvalue weighted by atomic mass is 14.7. The van der Waals surface area contributed by atoms with Crippen molar-refractivity contribution in [2.75, 3.05) is 0 Å². The van der Waals surface area contributed by atoms with Gasteiger partial charge >= 0.3 is 0 Å². The molecule has 2 heterocycles. The molecule has 2 heteroatoms. The Hall–Kier alpha value is -1.70. The third kappa shape index (κ3) is 2.66. The van der Waals surface area contributed by atoms with Gasteiger partial charge in [0.1, 0.15) is 0 Å². The van der Waals surface area contributed by atoms with Crippen molar-refractivity contribution in [1.29, 1.82) is 0 Å². The van der Waals surface area contributed by atoms with E-state index < -0.39 is 0 Å². The van der Waals surface area contributed by atoms with Crippen molar-refractivity contribution >= 4 is 0 Å². The minimum atomic E-state index is 0.654. The van der Waals surface area contributed by atoms with Crippen LogP contribution in [0.5, 0.6) is 0 Å². The predicted octanol–water partition coefficient (Wildman–Crippen LogP) is 3.34. The maximum atomic E-state index is 4.33. The van der Waals surface area contributed by atoms with Crippen LogP contribution < -0.4 is 0 Å². The Kier molecular flexibility index (Phi) is 3.30. The van der Waals surface area contributed by atoms with Gasteiger partial charge in [-0.1, -0.05) is 19.9 Å². The molecule has 0 spiro atoms.